The molecule has 166 valence electrons. The average Bonchev–Trinajstić information content (AvgIpc) is 2.81. The van der Waals surface area contributed by atoms with E-state index < -0.39 is 10.0 Å². The molecule has 1 atom stereocenters. The Kier molecular flexibility index (Phi) is 6.92. The molecule has 2 aromatic carbocycles. The van der Waals surface area contributed by atoms with Gasteiger partial charge in [0.1, 0.15) is 16.4 Å². The van der Waals surface area contributed by atoms with Crippen LogP contribution < -0.4 is 10.1 Å². The van der Waals surface area contributed by atoms with Gasteiger partial charge in [-0.25, -0.2) is 8.42 Å². The standard InChI is InChI=1S/C24H30N2O4S/c27-24(25-20-11-3-1-4-12-20)19-10-9-17-26(18-19)31(28,29)23-16-8-7-15-22(23)30-21-13-5-2-6-14-21/h2,5-8,13-16,19-20H,1,3-4,9-12,17-18H2,(H,25,27)/t19-/m0/s1. The molecule has 4 rings (SSSR count). The topological polar surface area (TPSA) is 75.7 Å². The molecule has 1 heterocycles. The molecule has 6 nitrogen and oxygen atoms in total. The van der Waals surface area contributed by atoms with Crippen molar-refractivity contribution in [1.82, 2.24) is 9.62 Å². The summed E-state index contributed by atoms with van der Waals surface area (Å²) < 4.78 is 34.3. The fraction of sp³-hybridized carbons (Fsp3) is 0.458. The predicted octanol–water partition coefficient (Wildman–Crippen LogP) is 4.33. The van der Waals surface area contributed by atoms with Crippen molar-refractivity contribution in [3.05, 3.63) is 54.6 Å². The highest BCUT2D eigenvalue weighted by molar-refractivity contribution is 7.89. The molecule has 0 spiro atoms. The Morgan fingerprint density at radius 3 is 2.39 bits per heavy atom. The van der Waals surface area contributed by atoms with E-state index in [1.165, 1.54) is 10.7 Å². The third-order valence-corrected chi connectivity index (χ3v) is 8.05. The van der Waals surface area contributed by atoms with E-state index in [-0.39, 0.29) is 29.3 Å². The van der Waals surface area contributed by atoms with E-state index in [9.17, 15) is 13.2 Å². The lowest BCUT2D eigenvalue weighted by molar-refractivity contribution is -0.127. The van der Waals surface area contributed by atoms with Gasteiger partial charge in [0.05, 0.1) is 5.92 Å². The Morgan fingerprint density at radius 2 is 1.61 bits per heavy atom. The molecule has 1 N–H and O–H groups in total. The van der Waals surface area contributed by atoms with E-state index in [0.29, 0.717) is 30.9 Å². The maximum atomic E-state index is 13.5. The van der Waals surface area contributed by atoms with E-state index in [4.69, 9.17) is 4.74 Å². The number of nitrogens with one attached hydrogen (secondary N) is 1. The summed E-state index contributed by atoms with van der Waals surface area (Å²) in [4.78, 5) is 13.0. The number of nitrogens with zero attached hydrogens (tertiary/aromatic N) is 1. The number of benzene rings is 2. The number of piperidine rings is 1. The van der Waals surface area contributed by atoms with Crippen LogP contribution in [-0.4, -0.2) is 37.8 Å². The molecule has 1 amide bonds. The average molecular weight is 443 g/mol. The van der Waals surface area contributed by atoms with Gasteiger partial charge in [-0.1, -0.05) is 49.6 Å². The number of rotatable bonds is 6. The maximum Gasteiger partial charge on any atom is 0.246 e. The molecule has 2 aromatic rings. The van der Waals surface area contributed by atoms with Crippen molar-refractivity contribution in [2.75, 3.05) is 13.1 Å². The maximum absolute atomic E-state index is 13.5. The van der Waals surface area contributed by atoms with Gasteiger partial charge in [-0.3, -0.25) is 4.79 Å². The monoisotopic (exact) mass is 442 g/mol. The summed E-state index contributed by atoms with van der Waals surface area (Å²) in [5, 5.41) is 3.16. The van der Waals surface area contributed by atoms with Crippen LogP contribution in [-0.2, 0) is 14.8 Å². The second-order valence-corrected chi connectivity index (χ2v) is 10.3. The van der Waals surface area contributed by atoms with Crippen LogP contribution in [0.5, 0.6) is 11.5 Å². The third-order valence-electron chi connectivity index (χ3n) is 6.14. The minimum atomic E-state index is -3.78. The first-order chi connectivity index (χ1) is 15.0. The van der Waals surface area contributed by atoms with Crippen LogP contribution in [0.1, 0.15) is 44.9 Å². The number of hydrogen-bond acceptors (Lipinski definition) is 4. The van der Waals surface area contributed by atoms with E-state index in [0.717, 1.165) is 25.7 Å². The van der Waals surface area contributed by atoms with Crippen molar-refractivity contribution >= 4 is 15.9 Å². The summed E-state index contributed by atoms with van der Waals surface area (Å²) in [5.41, 5.74) is 0. The highest BCUT2D eigenvalue weighted by atomic mass is 32.2. The fourth-order valence-corrected chi connectivity index (χ4v) is 6.08. The van der Waals surface area contributed by atoms with E-state index in [1.807, 2.05) is 18.2 Å². The Bertz CT molecular complexity index is 988. The predicted molar refractivity (Wildman–Crippen MR) is 119 cm³/mol. The summed E-state index contributed by atoms with van der Waals surface area (Å²) in [5.74, 6) is 0.546. The van der Waals surface area contributed by atoms with Crippen LogP contribution >= 0.6 is 0 Å². The van der Waals surface area contributed by atoms with Gasteiger partial charge in [0.2, 0.25) is 15.9 Å². The lowest BCUT2D eigenvalue weighted by atomic mass is 9.93. The number of amides is 1. The SMILES string of the molecule is O=C(NC1CCCCC1)[C@H]1CCCN(S(=O)(=O)c2ccccc2Oc2ccccc2)C1. The quantitative estimate of drug-likeness (QED) is 0.723. The van der Waals surface area contributed by atoms with Crippen molar-refractivity contribution in [1.29, 1.82) is 0 Å². The first-order valence-corrected chi connectivity index (χ1v) is 12.6. The number of sulfonamides is 1. The molecule has 0 radical (unpaired) electrons. The molecule has 7 heteroatoms. The first-order valence-electron chi connectivity index (χ1n) is 11.2. The van der Waals surface area contributed by atoms with Crippen molar-refractivity contribution in [3.8, 4) is 11.5 Å². The molecule has 0 unspecified atom stereocenters. The van der Waals surface area contributed by atoms with Gasteiger partial charge in [0.15, 0.2) is 0 Å². The van der Waals surface area contributed by atoms with Crippen LogP contribution in [0.2, 0.25) is 0 Å². The fourth-order valence-electron chi connectivity index (χ4n) is 4.44. The second kappa shape index (κ2) is 9.83. The molecule has 2 fully saturated rings. The molecule has 1 saturated carbocycles. The van der Waals surface area contributed by atoms with Crippen LogP contribution in [0, 0.1) is 5.92 Å². The molecule has 2 aliphatic rings. The zero-order valence-corrected chi connectivity index (χ0v) is 18.5. The lowest BCUT2D eigenvalue weighted by Crippen LogP contribution is -2.47. The largest absolute Gasteiger partial charge is 0.456 e. The van der Waals surface area contributed by atoms with Crippen molar-refractivity contribution in [3.63, 3.8) is 0 Å². The summed E-state index contributed by atoms with van der Waals surface area (Å²) in [6.07, 6.45) is 6.95. The van der Waals surface area contributed by atoms with Gasteiger partial charge >= 0.3 is 0 Å². The molecular weight excluding hydrogens is 412 g/mol. The van der Waals surface area contributed by atoms with Crippen LogP contribution in [0.25, 0.3) is 0 Å². The highest BCUT2D eigenvalue weighted by Crippen LogP contribution is 2.32. The van der Waals surface area contributed by atoms with Gasteiger partial charge in [0.25, 0.3) is 0 Å². The summed E-state index contributed by atoms with van der Waals surface area (Å²) in [7, 11) is -3.78. The zero-order chi connectivity index (χ0) is 21.7. The highest BCUT2D eigenvalue weighted by Gasteiger charge is 2.35. The molecular formula is C24H30N2O4S. The van der Waals surface area contributed by atoms with Gasteiger partial charge in [-0.15, -0.1) is 0 Å². The molecule has 0 aromatic heterocycles. The van der Waals surface area contributed by atoms with Crippen molar-refractivity contribution in [2.24, 2.45) is 5.92 Å². The molecule has 1 aliphatic carbocycles. The van der Waals surface area contributed by atoms with Crippen LogP contribution in [0.15, 0.2) is 59.5 Å². The van der Waals surface area contributed by atoms with Gasteiger partial charge in [0, 0.05) is 19.1 Å². The molecule has 1 aliphatic heterocycles. The number of para-hydroxylation sites is 2. The minimum absolute atomic E-state index is 0.0133. The van der Waals surface area contributed by atoms with Gasteiger partial charge in [-0.05, 0) is 49.9 Å². The molecule has 1 saturated heterocycles. The van der Waals surface area contributed by atoms with Crippen molar-refractivity contribution in [2.45, 2.75) is 55.9 Å². The first kappa shape index (κ1) is 21.8. The normalized spacial score (nSPS) is 20.8. The van der Waals surface area contributed by atoms with E-state index in [2.05, 4.69) is 5.32 Å². The molecule has 0 bridgehead atoms. The number of carbonyl (C=O) groups excluding carboxylic acids is 1. The Balaban J connectivity index is 1.49. The van der Waals surface area contributed by atoms with Crippen LogP contribution in [0.3, 0.4) is 0 Å². The van der Waals surface area contributed by atoms with Gasteiger partial charge < -0.3 is 10.1 Å². The van der Waals surface area contributed by atoms with E-state index in [1.54, 1.807) is 36.4 Å². The Morgan fingerprint density at radius 1 is 0.903 bits per heavy atom. The van der Waals surface area contributed by atoms with Gasteiger partial charge in [-0.2, -0.15) is 4.31 Å². The zero-order valence-electron chi connectivity index (χ0n) is 17.7. The van der Waals surface area contributed by atoms with E-state index >= 15 is 0 Å². The number of ether oxygens (including phenoxy) is 1. The Hall–Kier alpha value is -2.38. The van der Waals surface area contributed by atoms with Crippen LogP contribution in [0.4, 0.5) is 0 Å². The number of hydrogen-bond donors (Lipinski definition) is 1. The smallest absolute Gasteiger partial charge is 0.246 e. The summed E-state index contributed by atoms with van der Waals surface area (Å²) in [6, 6.07) is 16.0. The second-order valence-electron chi connectivity index (χ2n) is 8.41. The number of carbonyl (C=O) groups is 1. The minimum Gasteiger partial charge on any atom is -0.456 e. The summed E-state index contributed by atoms with van der Waals surface area (Å²) in [6.45, 7) is 0.621. The molecule has 31 heavy (non-hydrogen) atoms. The Labute approximate surface area is 184 Å². The summed E-state index contributed by atoms with van der Waals surface area (Å²) >= 11 is 0. The third kappa shape index (κ3) is 5.28. The van der Waals surface area contributed by atoms with Crippen molar-refractivity contribution < 1.29 is 17.9 Å². The lowest BCUT2D eigenvalue weighted by Gasteiger charge is -2.33.